The fraction of sp³-hybridized carbons (Fsp3) is 0.370. The molecule has 2 saturated carbocycles. The number of nitriles is 2. The average Bonchev–Trinajstić information content (AvgIpc) is 3.72. The number of ether oxygens (including phenoxy) is 1. The molecule has 2 heterocycles. The highest BCUT2D eigenvalue weighted by atomic mass is 32.2. The highest BCUT2D eigenvalue weighted by Crippen LogP contribution is 2.77. The van der Waals surface area contributed by atoms with Gasteiger partial charge in [0.1, 0.15) is 12.1 Å². The quantitative estimate of drug-likeness (QED) is 0.439. The van der Waals surface area contributed by atoms with Crippen LogP contribution in [0.2, 0.25) is 0 Å². The van der Waals surface area contributed by atoms with Gasteiger partial charge in [0.25, 0.3) is 0 Å². The van der Waals surface area contributed by atoms with Crippen molar-refractivity contribution in [3.63, 3.8) is 0 Å². The van der Waals surface area contributed by atoms with Gasteiger partial charge >= 0.3 is 5.97 Å². The highest BCUT2D eigenvalue weighted by Gasteiger charge is 2.71. The number of allylic oxidation sites excluding steroid dienone is 3. The fourth-order valence-electron chi connectivity index (χ4n) is 6.51. The first kappa shape index (κ1) is 19.6. The molecule has 5 aliphatic rings. The molecule has 3 aliphatic carbocycles. The number of thioether (sulfide) groups is 1. The van der Waals surface area contributed by atoms with Crippen LogP contribution in [0.15, 0.2) is 70.0 Å². The highest BCUT2D eigenvalue weighted by molar-refractivity contribution is 8.10. The van der Waals surface area contributed by atoms with Crippen molar-refractivity contribution >= 4 is 22.6 Å². The Bertz CT molecular complexity index is 1270. The van der Waals surface area contributed by atoms with E-state index in [-0.39, 0.29) is 27.5 Å². The van der Waals surface area contributed by atoms with Gasteiger partial charge in [0.05, 0.1) is 10.3 Å². The minimum atomic E-state index is -0.356. The molecule has 1 aromatic rings. The molecule has 0 bridgehead atoms. The summed E-state index contributed by atoms with van der Waals surface area (Å²) in [7, 11) is 0. The van der Waals surface area contributed by atoms with Gasteiger partial charge < -0.3 is 4.74 Å². The van der Waals surface area contributed by atoms with E-state index in [1.165, 1.54) is 16.0 Å². The van der Waals surface area contributed by atoms with Crippen LogP contribution in [0.1, 0.15) is 45.1 Å². The lowest BCUT2D eigenvalue weighted by Crippen LogP contribution is -2.52. The van der Waals surface area contributed by atoms with Crippen LogP contribution in [-0.2, 0) is 9.53 Å². The van der Waals surface area contributed by atoms with Crippen molar-refractivity contribution in [3.8, 4) is 12.1 Å². The molecule has 0 saturated heterocycles. The minimum absolute atomic E-state index is 0.120. The second-order valence-electron chi connectivity index (χ2n) is 9.53. The molecule has 0 spiro atoms. The molecule has 1 aromatic carbocycles. The third-order valence-corrected chi connectivity index (χ3v) is 9.45. The summed E-state index contributed by atoms with van der Waals surface area (Å²) in [5, 5.41) is 19.1. The smallest absolute Gasteiger partial charge is 0.340 e. The Kier molecular flexibility index (Phi) is 3.99. The Labute approximate surface area is 191 Å². The van der Waals surface area contributed by atoms with Crippen molar-refractivity contribution in [1.29, 1.82) is 10.5 Å². The van der Waals surface area contributed by atoms with E-state index in [1.54, 1.807) is 0 Å². The second-order valence-corrected chi connectivity index (χ2v) is 11.0. The molecule has 1 atom stereocenters. The molecule has 0 aromatic heterocycles. The number of esters is 1. The third kappa shape index (κ3) is 2.30. The van der Waals surface area contributed by atoms with Crippen molar-refractivity contribution in [3.05, 3.63) is 75.6 Å². The number of carbonyl (C=O) groups excluding carboxylic acids is 1. The van der Waals surface area contributed by atoms with Crippen LogP contribution in [-0.4, -0.2) is 10.7 Å². The first-order valence-electron chi connectivity index (χ1n) is 11.2. The van der Waals surface area contributed by atoms with Gasteiger partial charge in [-0.05, 0) is 74.2 Å². The van der Waals surface area contributed by atoms with Gasteiger partial charge in [0.2, 0.25) is 0 Å². The molecule has 158 valence electrons. The molecule has 2 aliphatic heterocycles. The monoisotopic (exact) mass is 438 g/mol. The van der Waals surface area contributed by atoms with Crippen molar-refractivity contribution < 1.29 is 9.53 Å². The minimum Gasteiger partial charge on any atom is -0.420 e. The summed E-state index contributed by atoms with van der Waals surface area (Å²) in [5.74, 6) is 0.650. The van der Waals surface area contributed by atoms with E-state index in [2.05, 4.69) is 37.3 Å². The summed E-state index contributed by atoms with van der Waals surface area (Å²) in [6.45, 7) is 4.33. The molecular formula is C27H22N2O2S. The third-order valence-electron chi connectivity index (χ3n) is 7.91. The zero-order valence-electron chi connectivity index (χ0n) is 18.1. The number of fused-ring (bicyclic) bond motifs is 1. The molecule has 0 unspecified atom stereocenters. The summed E-state index contributed by atoms with van der Waals surface area (Å²) in [6, 6.07) is 14.3. The van der Waals surface area contributed by atoms with Crippen LogP contribution < -0.4 is 0 Å². The van der Waals surface area contributed by atoms with Gasteiger partial charge in [-0.1, -0.05) is 30.3 Å². The molecule has 0 amide bonds. The van der Waals surface area contributed by atoms with Gasteiger partial charge in [-0.15, -0.1) is 11.8 Å². The molecule has 4 nitrogen and oxygen atoms in total. The lowest BCUT2D eigenvalue weighted by molar-refractivity contribution is -0.135. The fourth-order valence-corrected chi connectivity index (χ4v) is 8.31. The molecule has 0 N–H and O–H groups in total. The molecule has 32 heavy (non-hydrogen) atoms. The Balaban J connectivity index is 1.67. The first-order chi connectivity index (χ1) is 15.5. The van der Waals surface area contributed by atoms with Gasteiger partial charge in [-0.2, -0.15) is 10.5 Å². The topological polar surface area (TPSA) is 73.9 Å². The second kappa shape index (κ2) is 6.50. The van der Waals surface area contributed by atoms with E-state index in [9.17, 15) is 15.3 Å². The van der Waals surface area contributed by atoms with E-state index < -0.39 is 0 Å². The predicted octanol–water partition coefficient (Wildman–Crippen LogP) is 5.82. The van der Waals surface area contributed by atoms with E-state index in [4.69, 9.17) is 4.74 Å². The zero-order valence-corrected chi connectivity index (χ0v) is 18.9. The van der Waals surface area contributed by atoms with Crippen molar-refractivity contribution in [2.75, 3.05) is 0 Å². The Morgan fingerprint density at radius 2 is 1.72 bits per heavy atom. The van der Waals surface area contributed by atoms with Gasteiger partial charge in [0, 0.05) is 15.9 Å². The lowest BCUT2D eigenvalue weighted by Gasteiger charge is -2.51. The van der Waals surface area contributed by atoms with E-state index in [1.807, 2.05) is 36.9 Å². The van der Waals surface area contributed by atoms with Crippen LogP contribution in [0.5, 0.6) is 0 Å². The maximum Gasteiger partial charge on any atom is 0.340 e. The number of hydrogen-bond acceptors (Lipinski definition) is 5. The Hall–Kier alpha value is -3.02. The maximum atomic E-state index is 13.5. The largest absolute Gasteiger partial charge is 0.420 e. The van der Waals surface area contributed by atoms with E-state index >= 15 is 0 Å². The molecular weight excluding hydrogens is 416 g/mol. The molecule has 6 rings (SSSR count). The SMILES string of the molecule is CC1=C2C=C(c3ccccc3)S[C@@]2(C)C(C2CC2)(C2CC2)C2=C1C(=C(C#N)C#N)OC2=O. The van der Waals surface area contributed by atoms with Crippen LogP contribution in [0.3, 0.4) is 0 Å². The predicted molar refractivity (Wildman–Crippen MR) is 122 cm³/mol. The maximum absolute atomic E-state index is 13.5. The summed E-state index contributed by atoms with van der Waals surface area (Å²) in [5.41, 5.74) is 4.35. The van der Waals surface area contributed by atoms with Crippen LogP contribution in [0, 0.1) is 39.9 Å². The molecule has 5 heteroatoms. The lowest BCUT2D eigenvalue weighted by atomic mass is 9.56. The summed E-state index contributed by atoms with van der Waals surface area (Å²) < 4.78 is 5.43. The number of benzene rings is 1. The number of nitrogens with zero attached hydrogens (tertiary/aromatic N) is 2. The number of rotatable bonds is 3. The van der Waals surface area contributed by atoms with Crippen molar-refractivity contribution in [2.24, 2.45) is 17.3 Å². The summed E-state index contributed by atoms with van der Waals surface area (Å²) in [4.78, 5) is 14.7. The summed E-state index contributed by atoms with van der Waals surface area (Å²) in [6.07, 6.45) is 6.69. The standard InChI is InChI=1S/C27H22N2O2S/c1-15-20-12-21(16-6-4-3-5-7-16)32-26(20,2)27(18-8-9-18,19-10-11-19)23-22(15)24(31-25(23)30)17(13-28)14-29/h3-7,12,18-19H,8-11H2,1-2H3/t26-/m1/s1. The van der Waals surface area contributed by atoms with Gasteiger partial charge in [-0.25, -0.2) is 4.79 Å². The average molecular weight is 439 g/mol. The van der Waals surface area contributed by atoms with Crippen LogP contribution >= 0.6 is 11.8 Å². The normalized spacial score (nSPS) is 27.9. The zero-order chi connectivity index (χ0) is 22.3. The number of hydrogen-bond donors (Lipinski definition) is 0. The summed E-state index contributed by atoms with van der Waals surface area (Å²) >= 11 is 1.88. The first-order valence-corrected chi connectivity index (χ1v) is 12.0. The van der Waals surface area contributed by atoms with Gasteiger partial charge in [0.15, 0.2) is 11.3 Å². The molecule has 2 fully saturated rings. The Morgan fingerprint density at radius 1 is 1.09 bits per heavy atom. The van der Waals surface area contributed by atoms with Crippen LogP contribution in [0.25, 0.3) is 4.91 Å². The van der Waals surface area contributed by atoms with Crippen molar-refractivity contribution in [2.45, 2.75) is 44.3 Å². The number of carbonyl (C=O) groups is 1. The Morgan fingerprint density at radius 3 is 2.28 bits per heavy atom. The number of cyclic esters (lactones) is 1. The molecule has 0 radical (unpaired) electrons. The van der Waals surface area contributed by atoms with E-state index in [0.29, 0.717) is 17.4 Å². The van der Waals surface area contributed by atoms with E-state index in [0.717, 1.165) is 36.8 Å². The van der Waals surface area contributed by atoms with Crippen LogP contribution in [0.4, 0.5) is 0 Å². The van der Waals surface area contributed by atoms with Gasteiger partial charge in [-0.3, -0.25) is 0 Å². The van der Waals surface area contributed by atoms with Crippen molar-refractivity contribution in [1.82, 2.24) is 0 Å².